The molecule has 0 saturated carbocycles. The molecule has 5 N–H and O–H groups in total. The van der Waals surface area contributed by atoms with Gasteiger partial charge < -0.3 is 26.0 Å². The van der Waals surface area contributed by atoms with Crippen molar-refractivity contribution in [2.24, 2.45) is 11.1 Å². The molecule has 7 nitrogen and oxygen atoms in total. The summed E-state index contributed by atoms with van der Waals surface area (Å²) in [4.78, 5) is 23.1. The normalized spacial score (nSPS) is 21.9. The van der Waals surface area contributed by atoms with Crippen LogP contribution in [0.3, 0.4) is 0 Å². The number of nitrogens with one attached hydrogen (secondary N) is 1. The van der Waals surface area contributed by atoms with E-state index in [0.29, 0.717) is 26.1 Å². The third kappa shape index (κ3) is 3.18. The zero-order chi connectivity index (χ0) is 13.8. The fourth-order valence-electron chi connectivity index (χ4n) is 1.97. The number of aliphatic hydroxyl groups is 1. The number of hydrogen-bond acceptors (Lipinski definition) is 5. The lowest BCUT2D eigenvalue weighted by atomic mass is 9.79. The summed E-state index contributed by atoms with van der Waals surface area (Å²) in [6.45, 7) is 2.31. The van der Waals surface area contributed by atoms with Crippen molar-refractivity contribution in [3.05, 3.63) is 0 Å². The molecule has 1 fully saturated rings. The van der Waals surface area contributed by atoms with E-state index in [1.807, 2.05) is 0 Å². The fraction of sp³-hybridized carbons (Fsp3) is 0.818. The van der Waals surface area contributed by atoms with Gasteiger partial charge >= 0.3 is 5.97 Å². The van der Waals surface area contributed by atoms with Gasteiger partial charge in [0.2, 0.25) is 5.91 Å². The molecule has 104 valence electrons. The van der Waals surface area contributed by atoms with Crippen LogP contribution in [0.2, 0.25) is 0 Å². The molecule has 0 bridgehead atoms. The smallest absolute Gasteiger partial charge is 0.328 e. The third-order valence-electron chi connectivity index (χ3n) is 3.36. The monoisotopic (exact) mass is 260 g/mol. The maximum Gasteiger partial charge on any atom is 0.328 e. The van der Waals surface area contributed by atoms with Crippen molar-refractivity contribution in [2.75, 3.05) is 19.8 Å². The van der Waals surface area contributed by atoms with E-state index < -0.39 is 29.4 Å². The van der Waals surface area contributed by atoms with E-state index in [9.17, 15) is 14.7 Å². The molecule has 1 heterocycles. The minimum absolute atomic E-state index is 0.133. The number of hydrogen-bond donors (Lipinski definition) is 4. The van der Waals surface area contributed by atoms with E-state index in [4.69, 9.17) is 15.6 Å². The molecule has 0 aliphatic carbocycles. The first-order valence-electron chi connectivity index (χ1n) is 5.92. The highest BCUT2D eigenvalue weighted by molar-refractivity contribution is 5.88. The van der Waals surface area contributed by atoms with E-state index in [-0.39, 0.29) is 6.54 Å². The third-order valence-corrected chi connectivity index (χ3v) is 3.36. The van der Waals surface area contributed by atoms with Crippen molar-refractivity contribution in [1.29, 1.82) is 0 Å². The summed E-state index contributed by atoms with van der Waals surface area (Å²) >= 11 is 0. The van der Waals surface area contributed by atoms with Crippen molar-refractivity contribution in [2.45, 2.75) is 31.9 Å². The first-order valence-corrected chi connectivity index (χ1v) is 5.92. The van der Waals surface area contributed by atoms with Gasteiger partial charge in [-0.1, -0.05) is 0 Å². The van der Waals surface area contributed by atoms with E-state index in [2.05, 4.69) is 5.32 Å². The first-order chi connectivity index (χ1) is 8.43. The number of ether oxygens (including phenoxy) is 1. The van der Waals surface area contributed by atoms with Gasteiger partial charge in [-0.25, -0.2) is 4.79 Å². The Morgan fingerprint density at radius 1 is 1.44 bits per heavy atom. The average Bonchev–Trinajstić information content (AvgIpc) is 2.35. The number of rotatable bonds is 5. The van der Waals surface area contributed by atoms with Crippen LogP contribution in [0.4, 0.5) is 0 Å². The molecule has 0 radical (unpaired) electrons. The van der Waals surface area contributed by atoms with Gasteiger partial charge in [0, 0.05) is 19.8 Å². The molecular formula is C11H20N2O5. The molecule has 18 heavy (non-hydrogen) atoms. The Bertz CT molecular complexity index is 313. The Hall–Kier alpha value is -1.18. The van der Waals surface area contributed by atoms with Crippen molar-refractivity contribution in [3.63, 3.8) is 0 Å². The summed E-state index contributed by atoms with van der Waals surface area (Å²) in [5.74, 6) is -1.70. The molecule has 7 heteroatoms. The zero-order valence-corrected chi connectivity index (χ0v) is 10.4. The van der Waals surface area contributed by atoms with Gasteiger partial charge in [-0.05, 0) is 19.8 Å². The van der Waals surface area contributed by atoms with Crippen molar-refractivity contribution in [3.8, 4) is 0 Å². The Morgan fingerprint density at radius 3 is 2.39 bits per heavy atom. The van der Waals surface area contributed by atoms with E-state index in [0.717, 1.165) is 0 Å². The van der Waals surface area contributed by atoms with E-state index in [1.165, 1.54) is 6.92 Å². The molecule has 1 amide bonds. The maximum absolute atomic E-state index is 12.1. The minimum Gasteiger partial charge on any atom is -0.480 e. The van der Waals surface area contributed by atoms with Gasteiger partial charge in [0.15, 0.2) is 6.04 Å². The highest BCUT2D eigenvalue weighted by atomic mass is 16.5. The van der Waals surface area contributed by atoms with Crippen LogP contribution in [0.5, 0.6) is 0 Å². The number of aliphatic hydroxyl groups excluding tert-OH is 1. The highest BCUT2D eigenvalue weighted by Crippen LogP contribution is 2.29. The molecule has 1 aliphatic heterocycles. The van der Waals surface area contributed by atoms with Crippen LogP contribution in [0.25, 0.3) is 0 Å². The van der Waals surface area contributed by atoms with Crippen molar-refractivity contribution in [1.82, 2.24) is 5.32 Å². The highest BCUT2D eigenvalue weighted by Gasteiger charge is 2.41. The SMILES string of the molecule is C[C@@H](O)[C@H](NC(=O)C1(CN)CCOCC1)C(=O)O. The summed E-state index contributed by atoms with van der Waals surface area (Å²) in [5.41, 5.74) is 4.85. The maximum atomic E-state index is 12.1. The van der Waals surface area contributed by atoms with E-state index in [1.54, 1.807) is 0 Å². The van der Waals surface area contributed by atoms with Gasteiger partial charge in [0.25, 0.3) is 0 Å². The summed E-state index contributed by atoms with van der Waals surface area (Å²) in [7, 11) is 0. The molecule has 0 aromatic carbocycles. The molecule has 1 aliphatic rings. The zero-order valence-electron chi connectivity index (χ0n) is 10.4. The van der Waals surface area contributed by atoms with Crippen LogP contribution >= 0.6 is 0 Å². The Balaban J connectivity index is 2.75. The molecule has 0 aromatic heterocycles. The van der Waals surface area contributed by atoms with Gasteiger partial charge in [-0.3, -0.25) is 4.79 Å². The number of carbonyl (C=O) groups is 2. The second-order valence-corrected chi connectivity index (χ2v) is 4.63. The van der Waals surface area contributed by atoms with Crippen LogP contribution in [-0.4, -0.2) is 54.0 Å². The number of nitrogens with two attached hydrogens (primary N) is 1. The fourth-order valence-corrected chi connectivity index (χ4v) is 1.97. The minimum atomic E-state index is -1.32. The lowest BCUT2D eigenvalue weighted by Crippen LogP contribution is -2.56. The molecule has 0 unspecified atom stereocenters. The van der Waals surface area contributed by atoms with Crippen molar-refractivity contribution < 1.29 is 24.5 Å². The van der Waals surface area contributed by atoms with Gasteiger partial charge in [-0.2, -0.15) is 0 Å². The molecule has 1 saturated heterocycles. The van der Waals surface area contributed by atoms with Gasteiger partial charge in [-0.15, -0.1) is 0 Å². The Morgan fingerprint density at radius 2 is 2.00 bits per heavy atom. The standard InChI is InChI=1S/C11H20N2O5/c1-7(14)8(9(15)16)13-10(17)11(6-12)2-4-18-5-3-11/h7-8,14H,2-6,12H2,1H3,(H,13,17)(H,15,16)/t7-,8+/m1/s1. The summed E-state index contributed by atoms with van der Waals surface area (Å²) < 4.78 is 5.18. The largest absolute Gasteiger partial charge is 0.480 e. The van der Waals surface area contributed by atoms with Gasteiger partial charge in [0.1, 0.15) is 0 Å². The lowest BCUT2D eigenvalue weighted by Gasteiger charge is -2.35. The first kappa shape index (κ1) is 14.9. The molecular weight excluding hydrogens is 240 g/mol. The van der Waals surface area contributed by atoms with Crippen LogP contribution < -0.4 is 11.1 Å². The summed E-state index contributed by atoms with van der Waals surface area (Å²) in [6, 6.07) is -1.32. The number of carboxylic acids is 1. The number of aliphatic carboxylic acids is 1. The molecule has 0 spiro atoms. The van der Waals surface area contributed by atoms with Gasteiger partial charge in [0.05, 0.1) is 11.5 Å². The van der Waals surface area contributed by atoms with Crippen LogP contribution in [-0.2, 0) is 14.3 Å². The van der Waals surface area contributed by atoms with Crippen molar-refractivity contribution >= 4 is 11.9 Å². The Labute approximate surface area is 105 Å². The summed E-state index contributed by atoms with van der Waals surface area (Å²) in [5, 5.41) is 20.6. The van der Waals surface area contributed by atoms with Crippen LogP contribution in [0.15, 0.2) is 0 Å². The Kier molecular flexibility index (Phi) is 5.06. The number of carboxylic acid groups (broad SMARTS) is 1. The average molecular weight is 260 g/mol. The van der Waals surface area contributed by atoms with E-state index >= 15 is 0 Å². The molecule has 1 rings (SSSR count). The second-order valence-electron chi connectivity index (χ2n) is 4.63. The predicted molar refractivity (Wildman–Crippen MR) is 62.8 cm³/mol. The number of amides is 1. The second kappa shape index (κ2) is 6.12. The quantitative estimate of drug-likeness (QED) is 0.487. The molecule has 2 atom stereocenters. The topological polar surface area (TPSA) is 122 Å². The summed E-state index contributed by atoms with van der Waals surface area (Å²) in [6.07, 6.45) is -0.246. The van der Waals surface area contributed by atoms with Crippen LogP contribution in [0.1, 0.15) is 19.8 Å². The molecule has 0 aromatic rings. The predicted octanol–water partition coefficient (Wildman–Crippen LogP) is -1.31. The number of carbonyl (C=O) groups excluding carboxylic acids is 1. The van der Waals surface area contributed by atoms with Crippen LogP contribution in [0, 0.1) is 5.41 Å². The lowest BCUT2D eigenvalue weighted by molar-refractivity contribution is -0.148.